The molecule has 2 aromatic rings. The molecule has 0 spiro atoms. The molecule has 2 N–H and O–H groups in total. The summed E-state index contributed by atoms with van der Waals surface area (Å²) in [5.74, 6) is 0.0267. The number of rotatable bonds is 8. The molecule has 6 heteroatoms. The first-order valence-corrected chi connectivity index (χ1v) is 11.6. The van der Waals surface area contributed by atoms with E-state index in [1.54, 1.807) is 0 Å². The van der Waals surface area contributed by atoms with E-state index in [1.165, 1.54) is 5.56 Å². The summed E-state index contributed by atoms with van der Waals surface area (Å²) in [6.45, 7) is 11.7. The smallest absolute Gasteiger partial charge is 0.239 e. The molecule has 5 nitrogen and oxygen atoms in total. The van der Waals surface area contributed by atoms with Crippen molar-refractivity contribution in [1.82, 2.24) is 14.7 Å². The average Bonchev–Trinajstić information content (AvgIpc) is 2.81. The van der Waals surface area contributed by atoms with Gasteiger partial charge in [0.15, 0.2) is 0 Å². The summed E-state index contributed by atoms with van der Waals surface area (Å²) in [5, 5.41) is 0.689. The first-order chi connectivity index (χ1) is 14.9. The topological polar surface area (TPSA) is 52.8 Å². The molecule has 2 aromatic carbocycles. The average molecular weight is 443 g/mol. The number of amides is 1. The van der Waals surface area contributed by atoms with Crippen molar-refractivity contribution in [2.45, 2.75) is 38.9 Å². The summed E-state index contributed by atoms with van der Waals surface area (Å²) in [6, 6.07) is 17.7. The van der Waals surface area contributed by atoms with Gasteiger partial charge in [0.05, 0.1) is 11.7 Å². The molecule has 0 bridgehead atoms. The third kappa shape index (κ3) is 5.29. The maximum absolute atomic E-state index is 13.0. The van der Waals surface area contributed by atoms with Crippen LogP contribution in [0.25, 0.3) is 0 Å². The Morgan fingerprint density at radius 3 is 2.16 bits per heavy atom. The Kier molecular flexibility index (Phi) is 8.11. The number of halogens is 1. The van der Waals surface area contributed by atoms with E-state index in [9.17, 15) is 4.79 Å². The molecule has 1 aliphatic heterocycles. The number of benzene rings is 2. The minimum atomic E-state index is -0.531. The molecule has 168 valence electrons. The zero-order valence-electron chi connectivity index (χ0n) is 18.9. The third-order valence-corrected chi connectivity index (χ3v) is 6.85. The van der Waals surface area contributed by atoms with Crippen molar-refractivity contribution in [3.05, 3.63) is 70.7 Å². The fourth-order valence-corrected chi connectivity index (χ4v) is 4.84. The minimum Gasteiger partial charge on any atom is -0.339 e. The lowest BCUT2D eigenvalue weighted by molar-refractivity contribution is -0.138. The van der Waals surface area contributed by atoms with E-state index in [1.807, 2.05) is 29.2 Å². The molecule has 1 aliphatic rings. The normalized spacial score (nSPS) is 18.1. The predicted octanol–water partition coefficient (Wildman–Crippen LogP) is 3.57. The lowest BCUT2D eigenvalue weighted by atomic mass is 9.95. The molecule has 1 saturated heterocycles. The van der Waals surface area contributed by atoms with Gasteiger partial charge >= 0.3 is 0 Å². The zero-order valence-corrected chi connectivity index (χ0v) is 19.7. The van der Waals surface area contributed by atoms with Gasteiger partial charge < -0.3 is 10.6 Å². The van der Waals surface area contributed by atoms with E-state index in [0.717, 1.165) is 31.7 Å². The van der Waals surface area contributed by atoms with Crippen molar-refractivity contribution in [2.24, 2.45) is 5.73 Å². The Labute approximate surface area is 191 Å². The Bertz CT molecular complexity index is 832. The SMILES string of the molecule is CCN(CC)C(C)(c1ccccc1)N1CCN(C(=O)C(N)Cc2ccc(Cl)cc2)CC1. The van der Waals surface area contributed by atoms with Gasteiger partial charge in [-0.25, -0.2) is 0 Å². The summed E-state index contributed by atoms with van der Waals surface area (Å²) < 4.78 is 0. The van der Waals surface area contributed by atoms with E-state index >= 15 is 0 Å². The van der Waals surface area contributed by atoms with Crippen LogP contribution in [-0.2, 0) is 16.9 Å². The lowest BCUT2D eigenvalue weighted by Gasteiger charge is -2.51. The molecule has 1 fully saturated rings. The number of nitrogens with zero attached hydrogens (tertiary/aromatic N) is 3. The molecule has 2 atom stereocenters. The molecule has 1 heterocycles. The number of nitrogens with two attached hydrogens (primary N) is 1. The van der Waals surface area contributed by atoms with Crippen LogP contribution in [-0.4, -0.2) is 65.9 Å². The monoisotopic (exact) mass is 442 g/mol. The predicted molar refractivity (Wildman–Crippen MR) is 128 cm³/mol. The molecule has 31 heavy (non-hydrogen) atoms. The van der Waals surface area contributed by atoms with Gasteiger partial charge in [0.25, 0.3) is 0 Å². The van der Waals surface area contributed by atoms with Gasteiger partial charge in [0.1, 0.15) is 0 Å². The molecular formula is C25H35ClN4O. The molecule has 0 saturated carbocycles. The largest absolute Gasteiger partial charge is 0.339 e. The Morgan fingerprint density at radius 2 is 1.61 bits per heavy atom. The fraction of sp³-hybridized carbons (Fsp3) is 0.480. The fourth-order valence-electron chi connectivity index (χ4n) is 4.72. The van der Waals surface area contributed by atoms with Crippen molar-refractivity contribution in [2.75, 3.05) is 39.3 Å². The summed E-state index contributed by atoms with van der Waals surface area (Å²) in [6.07, 6.45) is 0.525. The second kappa shape index (κ2) is 10.6. The summed E-state index contributed by atoms with van der Waals surface area (Å²) >= 11 is 5.96. The van der Waals surface area contributed by atoms with Gasteiger partial charge in [-0.1, -0.05) is 67.9 Å². The Morgan fingerprint density at radius 1 is 1.03 bits per heavy atom. The second-order valence-electron chi connectivity index (χ2n) is 8.31. The maximum atomic E-state index is 13.0. The van der Waals surface area contributed by atoms with Gasteiger partial charge in [0.2, 0.25) is 5.91 Å². The molecule has 1 amide bonds. The number of carbonyl (C=O) groups is 1. The van der Waals surface area contributed by atoms with Crippen molar-refractivity contribution >= 4 is 17.5 Å². The highest BCUT2D eigenvalue weighted by Crippen LogP contribution is 2.33. The van der Waals surface area contributed by atoms with Crippen LogP contribution >= 0.6 is 11.6 Å². The van der Waals surface area contributed by atoms with Gasteiger partial charge in [0, 0.05) is 31.2 Å². The highest BCUT2D eigenvalue weighted by atomic mass is 35.5. The Hall–Kier alpha value is -1.92. The number of hydrogen-bond donors (Lipinski definition) is 1. The number of piperazine rings is 1. The van der Waals surface area contributed by atoms with E-state index < -0.39 is 6.04 Å². The second-order valence-corrected chi connectivity index (χ2v) is 8.74. The summed E-state index contributed by atoms with van der Waals surface area (Å²) in [4.78, 5) is 19.9. The van der Waals surface area contributed by atoms with Crippen molar-refractivity contribution < 1.29 is 4.79 Å². The van der Waals surface area contributed by atoms with Gasteiger partial charge in [-0.15, -0.1) is 0 Å². The maximum Gasteiger partial charge on any atom is 0.239 e. The van der Waals surface area contributed by atoms with Crippen molar-refractivity contribution in [3.63, 3.8) is 0 Å². The van der Waals surface area contributed by atoms with E-state index in [-0.39, 0.29) is 11.6 Å². The first kappa shape index (κ1) is 23.7. The first-order valence-electron chi connectivity index (χ1n) is 11.2. The van der Waals surface area contributed by atoms with Crippen LogP contribution < -0.4 is 5.73 Å². The van der Waals surface area contributed by atoms with E-state index in [2.05, 4.69) is 60.9 Å². The highest BCUT2D eigenvalue weighted by molar-refractivity contribution is 6.30. The van der Waals surface area contributed by atoms with Crippen LogP contribution in [0.4, 0.5) is 0 Å². The molecule has 0 aliphatic carbocycles. The van der Waals surface area contributed by atoms with Crippen LogP contribution in [0.15, 0.2) is 54.6 Å². The molecule has 0 aromatic heterocycles. The van der Waals surface area contributed by atoms with Crippen LogP contribution in [0.1, 0.15) is 31.9 Å². The van der Waals surface area contributed by atoms with Crippen molar-refractivity contribution in [1.29, 1.82) is 0 Å². The standard InChI is InChI=1S/C25H35ClN4O/c1-4-29(5-2)25(3,21-9-7-6-8-10-21)30-17-15-28(16-18-30)24(31)23(27)19-20-11-13-22(26)14-12-20/h6-14,23H,4-5,15-19,27H2,1-3H3. The number of hydrogen-bond acceptors (Lipinski definition) is 4. The zero-order chi connectivity index (χ0) is 22.4. The van der Waals surface area contributed by atoms with Gasteiger partial charge in [-0.2, -0.15) is 0 Å². The van der Waals surface area contributed by atoms with Crippen molar-refractivity contribution in [3.8, 4) is 0 Å². The van der Waals surface area contributed by atoms with Crippen LogP contribution in [0.2, 0.25) is 5.02 Å². The van der Waals surface area contributed by atoms with Gasteiger partial charge in [-0.3, -0.25) is 14.6 Å². The van der Waals surface area contributed by atoms with Crippen LogP contribution in [0, 0.1) is 0 Å². The van der Waals surface area contributed by atoms with E-state index in [0.29, 0.717) is 24.5 Å². The molecular weight excluding hydrogens is 408 g/mol. The quantitative estimate of drug-likeness (QED) is 0.679. The lowest BCUT2D eigenvalue weighted by Crippen LogP contribution is -2.62. The van der Waals surface area contributed by atoms with Crippen LogP contribution in [0.5, 0.6) is 0 Å². The third-order valence-electron chi connectivity index (χ3n) is 6.59. The summed E-state index contributed by atoms with van der Waals surface area (Å²) in [5.41, 5.74) is 8.39. The van der Waals surface area contributed by atoms with Gasteiger partial charge in [-0.05, 0) is 49.7 Å². The van der Waals surface area contributed by atoms with E-state index in [4.69, 9.17) is 17.3 Å². The summed E-state index contributed by atoms with van der Waals surface area (Å²) in [7, 11) is 0. The molecule has 3 rings (SSSR count). The molecule has 2 unspecified atom stereocenters. The van der Waals surface area contributed by atoms with Crippen LogP contribution in [0.3, 0.4) is 0 Å². The Balaban J connectivity index is 1.67. The number of carbonyl (C=O) groups excluding carboxylic acids is 1. The molecule has 0 radical (unpaired) electrons. The minimum absolute atomic E-state index is 0.0267. The highest BCUT2D eigenvalue weighted by Gasteiger charge is 2.40.